The van der Waals surface area contributed by atoms with E-state index in [1.165, 1.54) is 6.07 Å². The lowest BCUT2D eigenvalue weighted by Gasteiger charge is -2.37. The molecule has 166 valence electrons. The van der Waals surface area contributed by atoms with E-state index in [0.717, 1.165) is 18.1 Å². The van der Waals surface area contributed by atoms with Gasteiger partial charge in [0.25, 0.3) is 0 Å². The molecule has 3 aromatic rings. The van der Waals surface area contributed by atoms with Gasteiger partial charge in [0.1, 0.15) is 24.0 Å². The van der Waals surface area contributed by atoms with Gasteiger partial charge in [-0.3, -0.25) is 5.10 Å². The van der Waals surface area contributed by atoms with Crippen LogP contribution >= 0.6 is 24.0 Å². The molecule has 1 aliphatic heterocycles. The molecule has 0 spiro atoms. The van der Waals surface area contributed by atoms with Gasteiger partial charge >= 0.3 is 0 Å². The van der Waals surface area contributed by atoms with Crippen LogP contribution in [0.3, 0.4) is 0 Å². The maximum absolute atomic E-state index is 14.1. The number of piperazine rings is 1. The average Bonchev–Trinajstić information content (AvgIpc) is 3.45. The highest BCUT2D eigenvalue weighted by atomic mass is 127. The van der Waals surface area contributed by atoms with Gasteiger partial charge in [0.05, 0.1) is 12.0 Å². The second-order valence-electron chi connectivity index (χ2n) is 6.82. The number of furan rings is 1. The number of rotatable bonds is 5. The third-order valence-electron chi connectivity index (χ3n) is 4.81. The minimum Gasteiger partial charge on any atom is -0.461 e. The molecule has 0 radical (unpaired) electrons. The van der Waals surface area contributed by atoms with E-state index in [1.54, 1.807) is 18.4 Å². The molecule has 0 atom stereocenters. The van der Waals surface area contributed by atoms with Crippen LogP contribution in [0.2, 0.25) is 0 Å². The predicted octanol–water partition coefficient (Wildman–Crippen LogP) is 3.25. The summed E-state index contributed by atoms with van der Waals surface area (Å²) in [6.07, 6.45) is 1.57. The zero-order valence-electron chi connectivity index (χ0n) is 17.0. The SMILES string of the molecule is CCNC(=NCc1nc(-c2ccco2)n[nH]1)N1CCN(c2cc(F)ccc2F)CC1.I. The summed E-state index contributed by atoms with van der Waals surface area (Å²) in [7, 11) is 0. The zero-order valence-corrected chi connectivity index (χ0v) is 19.3. The van der Waals surface area contributed by atoms with Crippen molar-refractivity contribution in [3.63, 3.8) is 0 Å². The van der Waals surface area contributed by atoms with E-state index in [1.807, 2.05) is 11.8 Å². The Morgan fingerprint density at radius 1 is 1.23 bits per heavy atom. The summed E-state index contributed by atoms with van der Waals surface area (Å²) in [6, 6.07) is 7.11. The van der Waals surface area contributed by atoms with E-state index in [-0.39, 0.29) is 24.0 Å². The second kappa shape index (κ2) is 10.6. The van der Waals surface area contributed by atoms with Gasteiger partial charge in [-0.2, -0.15) is 0 Å². The maximum Gasteiger partial charge on any atom is 0.216 e. The minimum absolute atomic E-state index is 0. The first-order valence-corrected chi connectivity index (χ1v) is 9.82. The monoisotopic (exact) mass is 543 g/mol. The van der Waals surface area contributed by atoms with Crippen LogP contribution in [0.1, 0.15) is 12.7 Å². The quantitative estimate of drug-likeness (QED) is 0.292. The molecule has 11 heteroatoms. The molecule has 4 rings (SSSR count). The Hall–Kier alpha value is -2.70. The van der Waals surface area contributed by atoms with E-state index in [0.29, 0.717) is 62.4 Å². The third kappa shape index (κ3) is 5.51. The van der Waals surface area contributed by atoms with Crippen molar-refractivity contribution in [3.8, 4) is 11.6 Å². The lowest BCUT2D eigenvalue weighted by molar-refractivity contribution is 0.370. The van der Waals surface area contributed by atoms with Crippen LogP contribution in [0, 0.1) is 11.6 Å². The molecule has 31 heavy (non-hydrogen) atoms. The van der Waals surface area contributed by atoms with Crippen molar-refractivity contribution in [2.75, 3.05) is 37.6 Å². The zero-order chi connectivity index (χ0) is 20.9. The molecule has 1 fully saturated rings. The third-order valence-corrected chi connectivity index (χ3v) is 4.81. The number of hydrogen-bond donors (Lipinski definition) is 2. The molecule has 0 amide bonds. The number of nitrogens with zero attached hydrogens (tertiary/aromatic N) is 5. The van der Waals surface area contributed by atoms with Gasteiger partial charge in [-0.25, -0.2) is 18.8 Å². The van der Waals surface area contributed by atoms with Gasteiger partial charge in [-0.1, -0.05) is 0 Å². The Labute approximate surface area is 195 Å². The summed E-state index contributed by atoms with van der Waals surface area (Å²) in [5.74, 6) is 1.59. The van der Waals surface area contributed by atoms with Crippen LogP contribution in [0.5, 0.6) is 0 Å². The van der Waals surface area contributed by atoms with E-state index in [2.05, 4.69) is 30.4 Å². The molecule has 0 unspecified atom stereocenters. The highest BCUT2D eigenvalue weighted by Gasteiger charge is 2.22. The lowest BCUT2D eigenvalue weighted by Crippen LogP contribution is -2.52. The number of anilines is 1. The number of benzene rings is 1. The number of H-pyrrole nitrogens is 1. The number of aromatic amines is 1. The predicted molar refractivity (Wildman–Crippen MR) is 124 cm³/mol. The van der Waals surface area contributed by atoms with Crippen LogP contribution in [-0.4, -0.2) is 58.8 Å². The van der Waals surface area contributed by atoms with E-state index in [9.17, 15) is 8.78 Å². The fraction of sp³-hybridized carbons (Fsp3) is 0.350. The molecule has 3 heterocycles. The van der Waals surface area contributed by atoms with Crippen LogP contribution in [-0.2, 0) is 6.54 Å². The summed E-state index contributed by atoms with van der Waals surface area (Å²) in [6.45, 7) is 5.44. The Morgan fingerprint density at radius 3 is 2.74 bits per heavy atom. The van der Waals surface area contributed by atoms with Crippen molar-refractivity contribution in [2.24, 2.45) is 4.99 Å². The number of hydrogen-bond acceptors (Lipinski definition) is 5. The summed E-state index contributed by atoms with van der Waals surface area (Å²) >= 11 is 0. The van der Waals surface area contributed by atoms with Gasteiger partial charge in [0.2, 0.25) is 5.82 Å². The molecule has 0 aliphatic carbocycles. The van der Waals surface area contributed by atoms with Crippen LogP contribution in [0.15, 0.2) is 46.0 Å². The number of aliphatic imine (C=N–C) groups is 1. The van der Waals surface area contributed by atoms with Crippen molar-refractivity contribution in [3.05, 3.63) is 54.1 Å². The van der Waals surface area contributed by atoms with Crippen molar-refractivity contribution in [2.45, 2.75) is 13.5 Å². The molecule has 2 N–H and O–H groups in total. The Bertz CT molecular complexity index is 1000. The average molecular weight is 543 g/mol. The molecular weight excluding hydrogens is 519 g/mol. The normalized spacial score (nSPS) is 14.5. The smallest absolute Gasteiger partial charge is 0.216 e. The van der Waals surface area contributed by atoms with Crippen molar-refractivity contribution in [1.82, 2.24) is 25.4 Å². The largest absolute Gasteiger partial charge is 0.461 e. The number of guanidine groups is 1. The first kappa shape index (κ1) is 23.0. The number of nitrogens with one attached hydrogen (secondary N) is 2. The number of halogens is 3. The Kier molecular flexibility index (Phi) is 7.82. The van der Waals surface area contributed by atoms with E-state index >= 15 is 0 Å². The Balaban J connectivity index is 0.00000272. The molecule has 2 aromatic heterocycles. The molecule has 0 bridgehead atoms. The van der Waals surface area contributed by atoms with Gasteiger partial charge < -0.3 is 19.5 Å². The fourth-order valence-corrected chi connectivity index (χ4v) is 3.34. The van der Waals surface area contributed by atoms with E-state index in [4.69, 9.17) is 4.42 Å². The summed E-state index contributed by atoms with van der Waals surface area (Å²) in [5.41, 5.74) is 0.295. The molecule has 0 saturated carbocycles. The maximum atomic E-state index is 14.1. The molecule has 1 aliphatic rings. The molecule has 8 nitrogen and oxygen atoms in total. The van der Waals surface area contributed by atoms with Crippen molar-refractivity contribution in [1.29, 1.82) is 0 Å². The highest BCUT2D eigenvalue weighted by molar-refractivity contribution is 14.0. The van der Waals surface area contributed by atoms with Crippen LogP contribution in [0.25, 0.3) is 11.6 Å². The summed E-state index contributed by atoms with van der Waals surface area (Å²) < 4.78 is 32.9. The van der Waals surface area contributed by atoms with Gasteiger partial charge in [0.15, 0.2) is 11.7 Å². The Morgan fingerprint density at radius 2 is 2.03 bits per heavy atom. The lowest BCUT2D eigenvalue weighted by atomic mass is 10.2. The van der Waals surface area contributed by atoms with Gasteiger partial charge in [0, 0.05) is 38.8 Å². The van der Waals surface area contributed by atoms with E-state index < -0.39 is 11.6 Å². The summed E-state index contributed by atoms with van der Waals surface area (Å²) in [5, 5.41) is 10.3. The van der Waals surface area contributed by atoms with Crippen LogP contribution in [0.4, 0.5) is 14.5 Å². The molecule has 1 aromatic carbocycles. The number of aromatic nitrogens is 3. The standard InChI is InChI=1S/C20H23F2N7O.HI/c1-2-23-20(24-13-18-25-19(27-26-18)17-4-3-11-30-17)29-9-7-28(8-10-29)16-12-14(21)5-6-15(16)22;/h3-6,11-12H,2,7-10,13H2,1H3,(H,23,24)(H,25,26,27);1H. The second-order valence-corrected chi connectivity index (χ2v) is 6.82. The van der Waals surface area contributed by atoms with Crippen molar-refractivity contribution < 1.29 is 13.2 Å². The van der Waals surface area contributed by atoms with Crippen LogP contribution < -0.4 is 10.2 Å². The molecule has 1 saturated heterocycles. The van der Waals surface area contributed by atoms with Crippen molar-refractivity contribution >= 4 is 35.6 Å². The molecular formula is C20H24F2IN7O. The van der Waals surface area contributed by atoms with Gasteiger partial charge in [-0.15, -0.1) is 29.1 Å². The fourth-order valence-electron chi connectivity index (χ4n) is 3.34. The minimum atomic E-state index is -0.440. The first-order chi connectivity index (χ1) is 14.6. The highest BCUT2D eigenvalue weighted by Crippen LogP contribution is 2.22. The summed E-state index contributed by atoms with van der Waals surface area (Å²) in [4.78, 5) is 13.0. The topological polar surface area (TPSA) is 85.6 Å². The first-order valence-electron chi connectivity index (χ1n) is 9.82. The van der Waals surface area contributed by atoms with Gasteiger partial charge in [-0.05, 0) is 31.2 Å².